The summed E-state index contributed by atoms with van der Waals surface area (Å²) in [5.74, 6) is -1.04. The van der Waals surface area contributed by atoms with Crippen LogP contribution in [0.2, 0.25) is 0 Å². The maximum Gasteiger partial charge on any atom is 0.306 e. The van der Waals surface area contributed by atoms with Gasteiger partial charge in [0.05, 0.1) is 18.4 Å². The van der Waals surface area contributed by atoms with Gasteiger partial charge >= 0.3 is 5.97 Å². The molecule has 0 aromatic rings. The summed E-state index contributed by atoms with van der Waals surface area (Å²) in [5, 5.41) is 11.8. The van der Waals surface area contributed by atoms with Gasteiger partial charge in [-0.05, 0) is 38.5 Å². The fourth-order valence-electron chi connectivity index (χ4n) is 2.80. The van der Waals surface area contributed by atoms with Crippen molar-refractivity contribution < 1.29 is 19.4 Å². The SMILES string of the molecule is O=C(CC1CCCCO1)N[C@H]1CC[C@@H](C(=O)O)C1. The molecule has 2 aliphatic rings. The first kappa shape index (κ1) is 13.3. The van der Waals surface area contributed by atoms with Gasteiger partial charge < -0.3 is 15.2 Å². The van der Waals surface area contributed by atoms with Gasteiger partial charge in [-0.1, -0.05) is 0 Å². The van der Waals surface area contributed by atoms with Crippen molar-refractivity contribution in [3.05, 3.63) is 0 Å². The molecule has 1 aliphatic carbocycles. The van der Waals surface area contributed by atoms with Crippen LogP contribution in [0.4, 0.5) is 0 Å². The van der Waals surface area contributed by atoms with Crippen LogP contribution in [0.5, 0.6) is 0 Å². The molecule has 2 N–H and O–H groups in total. The molecule has 2 rings (SSSR count). The first-order chi connectivity index (χ1) is 8.65. The minimum atomic E-state index is -0.748. The Bertz CT molecular complexity index is 312. The summed E-state index contributed by atoms with van der Waals surface area (Å²) in [4.78, 5) is 22.6. The van der Waals surface area contributed by atoms with E-state index in [9.17, 15) is 9.59 Å². The molecule has 2 fully saturated rings. The maximum absolute atomic E-state index is 11.8. The summed E-state index contributed by atoms with van der Waals surface area (Å²) >= 11 is 0. The minimum Gasteiger partial charge on any atom is -0.481 e. The summed E-state index contributed by atoms with van der Waals surface area (Å²) in [6, 6.07) is 0.0298. The van der Waals surface area contributed by atoms with Crippen LogP contribution in [0.15, 0.2) is 0 Å². The molecule has 1 aliphatic heterocycles. The van der Waals surface area contributed by atoms with E-state index in [4.69, 9.17) is 9.84 Å². The van der Waals surface area contributed by atoms with Crippen LogP contribution in [-0.4, -0.2) is 35.7 Å². The highest BCUT2D eigenvalue weighted by Crippen LogP contribution is 2.26. The molecule has 0 radical (unpaired) electrons. The number of carbonyl (C=O) groups excluding carboxylic acids is 1. The van der Waals surface area contributed by atoms with Crippen LogP contribution in [0.25, 0.3) is 0 Å². The normalized spacial score (nSPS) is 32.1. The highest BCUT2D eigenvalue weighted by Gasteiger charge is 2.30. The molecular weight excluding hydrogens is 234 g/mol. The summed E-state index contributed by atoms with van der Waals surface area (Å²) in [5.41, 5.74) is 0. The molecule has 0 spiro atoms. The minimum absolute atomic E-state index is 0.00191. The predicted molar refractivity (Wildman–Crippen MR) is 65.1 cm³/mol. The summed E-state index contributed by atoms with van der Waals surface area (Å²) < 4.78 is 5.52. The van der Waals surface area contributed by atoms with Crippen molar-refractivity contribution in [2.45, 2.75) is 57.1 Å². The zero-order chi connectivity index (χ0) is 13.0. The van der Waals surface area contributed by atoms with Crippen molar-refractivity contribution in [2.24, 2.45) is 5.92 Å². The van der Waals surface area contributed by atoms with Crippen molar-refractivity contribution in [1.29, 1.82) is 0 Å². The van der Waals surface area contributed by atoms with Gasteiger partial charge in [0.15, 0.2) is 0 Å². The standard InChI is InChI=1S/C13H21NO4/c15-12(8-11-3-1-2-6-18-11)14-10-5-4-9(7-10)13(16)17/h9-11H,1-8H2,(H,14,15)(H,16,17)/t9-,10+,11?/m1/s1. The number of carbonyl (C=O) groups is 2. The molecule has 1 saturated heterocycles. The van der Waals surface area contributed by atoms with Gasteiger partial charge in [-0.15, -0.1) is 0 Å². The zero-order valence-electron chi connectivity index (χ0n) is 10.6. The second-order valence-corrected chi connectivity index (χ2v) is 5.31. The molecule has 0 aromatic carbocycles. The summed E-state index contributed by atoms with van der Waals surface area (Å²) in [6.45, 7) is 0.752. The van der Waals surface area contributed by atoms with Crippen LogP contribution < -0.4 is 5.32 Å². The highest BCUT2D eigenvalue weighted by molar-refractivity contribution is 5.77. The molecule has 1 saturated carbocycles. The van der Waals surface area contributed by atoms with Gasteiger partial charge in [-0.2, -0.15) is 0 Å². The van der Waals surface area contributed by atoms with E-state index in [-0.39, 0.29) is 24.0 Å². The molecule has 1 amide bonds. The van der Waals surface area contributed by atoms with E-state index < -0.39 is 5.97 Å². The molecule has 0 bridgehead atoms. The fourth-order valence-corrected chi connectivity index (χ4v) is 2.80. The lowest BCUT2D eigenvalue weighted by Crippen LogP contribution is -2.36. The number of hydrogen-bond acceptors (Lipinski definition) is 3. The first-order valence-corrected chi connectivity index (χ1v) is 6.79. The van der Waals surface area contributed by atoms with E-state index in [1.165, 1.54) is 0 Å². The summed E-state index contributed by atoms with van der Waals surface area (Å²) in [6.07, 6.45) is 5.63. The van der Waals surface area contributed by atoms with Crippen LogP contribution in [0.1, 0.15) is 44.9 Å². The molecule has 0 aromatic heterocycles. The molecule has 1 unspecified atom stereocenters. The quantitative estimate of drug-likeness (QED) is 0.794. The van der Waals surface area contributed by atoms with Gasteiger partial charge in [0.1, 0.15) is 0 Å². The molecule has 5 heteroatoms. The maximum atomic E-state index is 11.8. The Morgan fingerprint density at radius 3 is 2.67 bits per heavy atom. The third-order valence-electron chi connectivity index (χ3n) is 3.83. The number of nitrogens with one attached hydrogen (secondary N) is 1. The Morgan fingerprint density at radius 2 is 2.06 bits per heavy atom. The van der Waals surface area contributed by atoms with Crippen molar-refractivity contribution in [1.82, 2.24) is 5.32 Å². The van der Waals surface area contributed by atoms with Crippen molar-refractivity contribution in [3.8, 4) is 0 Å². The molecule has 102 valence electrons. The number of carboxylic acids is 1. The predicted octanol–water partition coefficient (Wildman–Crippen LogP) is 1.32. The molecular formula is C13H21NO4. The van der Waals surface area contributed by atoms with Crippen molar-refractivity contribution in [3.63, 3.8) is 0 Å². The second-order valence-electron chi connectivity index (χ2n) is 5.31. The lowest BCUT2D eigenvalue weighted by atomic mass is 10.1. The smallest absolute Gasteiger partial charge is 0.306 e. The lowest BCUT2D eigenvalue weighted by molar-refractivity contribution is -0.141. The van der Waals surface area contributed by atoms with Crippen LogP contribution in [0, 0.1) is 5.92 Å². The average molecular weight is 255 g/mol. The van der Waals surface area contributed by atoms with Crippen LogP contribution >= 0.6 is 0 Å². The van der Waals surface area contributed by atoms with Gasteiger partial charge in [-0.3, -0.25) is 9.59 Å². The number of ether oxygens (including phenoxy) is 1. The number of amides is 1. The van der Waals surface area contributed by atoms with E-state index in [2.05, 4.69) is 5.32 Å². The van der Waals surface area contributed by atoms with E-state index in [1.807, 2.05) is 0 Å². The van der Waals surface area contributed by atoms with E-state index >= 15 is 0 Å². The Labute approximate surface area is 107 Å². The van der Waals surface area contributed by atoms with Crippen molar-refractivity contribution >= 4 is 11.9 Å². The van der Waals surface area contributed by atoms with Gasteiger partial charge in [0.2, 0.25) is 5.91 Å². The van der Waals surface area contributed by atoms with Crippen LogP contribution in [0.3, 0.4) is 0 Å². The Kier molecular flexibility index (Phi) is 4.58. The highest BCUT2D eigenvalue weighted by atomic mass is 16.5. The van der Waals surface area contributed by atoms with Crippen molar-refractivity contribution in [2.75, 3.05) is 6.61 Å². The molecule has 1 heterocycles. The number of rotatable bonds is 4. The lowest BCUT2D eigenvalue weighted by Gasteiger charge is -2.22. The number of aliphatic carboxylic acids is 1. The monoisotopic (exact) mass is 255 g/mol. The molecule has 18 heavy (non-hydrogen) atoms. The Balaban J connectivity index is 1.69. The largest absolute Gasteiger partial charge is 0.481 e. The average Bonchev–Trinajstić information content (AvgIpc) is 2.78. The first-order valence-electron chi connectivity index (χ1n) is 6.79. The van der Waals surface area contributed by atoms with Gasteiger partial charge in [0.25, 0.3) is 0 Å². The Morgan fingerprint density at radius 1 is 1.22 bits per heavy atom. The van der Waals surface area contributed by atoms with Gasteiger partial charge in [0, 0.05) is 12.6 Å². The zero-order valence-corrected chi connectivity index (χ0v) is 10.6. The molecule has 5 nitrogen and oxygen atoms in total. The third kappa shape index (κ3) is 3.70. The second kappa shape index (κ2) is 6.18. The third-order valence-corrected chi connectivity index (χ3v) is 3.83. The number of hydrogen-bond donors (Lipinski definition) is 2. The topological polar surface area (TPSA) is 75.6 Å². The Hall–Kier alpha value is -1.10. The fraction of sp³-hybridized carbons (Fsp3) is 0.846. The van der Waals surface area contributed by atoms with E-state index in [0.717, 1.165) is 32.3 Å². The van der Waals surface area contributed by atoms with E-state index in [1.54, 1.807) is 0 Å². The van der Waals surface area contributed by atoms with E-state index in [0.29, 0.717) is 19.3 Å². The molecule has 3 atom stereocenters. The van der Waals surface area contributed by atoms with Crippen LogP contribution in [-0.2, 0) is 14.3 Å². The van der Waals surface area contributed by atoms with Gasteiger partial charge in [-0.25, -0.2) is 0 Å². The summed E-state index contributed by atoms with van der Waals surface area (Å²) in [7, 11) is 0. The number of carboxylic acid groups (broad SMARTS) is 1.